The second kappa shape index (κ2) is 11.5. The minimum absolute atomic E-state index is 0.0170. The summed E-state index contributed by atoms with van der Waals surface area (Å²) in [5.41, 5.74) is 1.71. The quantitative estimate of drug-likeness (QED) is 0.448. The Balaban J connectivity index is 1.26. The molecular formula is C28H33F2N7O3. The number of nitrogens with one attached hydrogen (secondary N) is 1. The van der Waals surface area contributed by atoms with Crippen LogP contribution >= 0.6 is 0 Å². The third-order valence-corrected chi connectivity index (χ3v) is 7.75. The Labute approximate surface area is 231 Å². The van der Waals surface area contributed by atoms with Gasteiger partial charge < -0.3 is 24.6 Å². The molecule has 3 aliphatic heterocycles. The summed E-state index contributed by atoms with van der Waals surface area (Å²) in [6.45, 7) is 8.41. The molecule has 3 fully saturated rings. The Morgan fingerprint density at radius 1 is 1.10 bits per heavy atom. The number of alkyl halides is 2. The van der Waals surface area contributed by atoms with Gasteiger partial charge in [-0.15, -0.1) is 0 Å². The maximum Gasteiger partial charge on any atom is 0.296 e. The molecule has 2 atom stereocenters. The molecule has 12 heteroatoms. The Morgan fingerprint density at radius 3 is 2.70 bits per heavy atom. The number of halogens is 2. The molecule has 0 bridgehead atoms. The number of carbonyl (C=O) groups is 1. The van der Waals surface area contributed by atoms with Gasteiger partial charge in [-0.2, -0.15) is 9.97 Å². The average molecular weight is 554 g/mol. The number of amides is 1. The zero-order valence-corrected chi connectivity index (χ0v) is 22.3. The number of fused-ring (bicyclic) bond motifs is 1. The van der Waals surface area contributed by atoms with Gasteiger partial charge in [0.15, 0.2) is 5.82 Å². The molecule has 212 valence electrons. The fourth-order valence-corrected chi connectivity index (χ4v) is 5.60. The summed E-state index contributed by atoms with van der Waals surface area (Å²) < 4.78 is 40.8. The van der Waals surface area contributed by atoms with Gasteiger partial charge in [0.05, 0.1) is 36.8 Å². The fraction of sp³-hybridized carbons (Fsp3) is 0.500. The molecule has 5 heterocycles. The van der Waals surface area contributed by atoms with E-state index in [0.717, 1.165) is 31.6 Å². The predicted octanol–water partition coefficient (Wildman–Crippen LogP) is 3.93. The minimum atomic E-state index is -2.79. The van der Waals surface area contributed by atoms with Gasteiger partial charge in [0, 0.05) is 50.5 Å². The normalized spacial score (nSPS) is 21.5. The third-order valence-electron chi connectivity index (χ3n) is 7.75. The third kappa shape index (κ3) is 5.50. The number of nitrogens with zero attached hydrogens (tertiary/aromatic N) is 6. The first-order chi connectivity index (χ1) is 19.5. The number of hydrogen-bond acceptors (Lipinski definition) is 8. The lowest BCUT2D eigenvalue weighted by Gasteiger charge is -2.28. The van der Waals surface area contributed by atoms with Crippen molar-refractivity contribution in [3.63, 3.8) is 0 Å². The van der Waals surface area contributed by atoms with Gasteiger partial charge in [0.25, 0.3) is 6.43 Å². The van der Waals surface area contributed by atoms with Crippen LogP contribution < -0.4 is 10.2 Å². The topological polar surface area (TPSA) is 97.6 Å². The van der Waals surface area contributed by atoms with Gasteiger partial charge in [-0.25, -0.2) is 13.8 Å². The van der Waals surface area contributed by atoms with Crippen molar-refractivity contribution < 1.29 is 23.0 Å². The number of likely N-dealkylation sites (tertiary alicyclic amines) is 1. The van der Waals surface area contributed by atoms with Crippen LogP contribution in [0.5, 0.6) is 0 Å². The van der Waals surface area contributed by atoms with Crippen LogP contribution in [-0.2, 0) is 14.3 Å². The fourth-order valence-electron chi connectivity index (χ4n) is 5.60. The number of ether oxygens (including phenoxy) is 2. The molecule has 10 nitrogen and oxygen atoms in total. The largest absolute Gasteiger partial charge is 0.378 e. The van der Waals surface area contributed by atoms with Gasteiger partial charge in [0.1, 0.15) is 11.6 Å². The minimum Gasteiger partial charge on any atom is -0.378 e. The standard InChI is InChI=1S/C28H33F2N7O3/c1-18(19-8-9-36(17-19)25(38)15-20-5-4-12-40-20)31-23-16-24(34-28(33-23)35-10-13-39-14-11-35)37-22-7-3-2-6-21(22)32-27(37)26(29)30/h2-3,6-7,16,19-20,26H,1,4-5,8-15,17H2,(H,31,33,34)/t19-,20?/m0/s1. The van der Waals surface area contributed by atoms with Crippen molar-refractivity contribution in [2.45, 2.75) is 38.2 Å². The molecule has 3 saturated heterocycles. The first-order valence-electron chi connectivity index (χ1n) is 13.8. The highest BCUT2D eigenvalue weighted by molar-refractivity contribution is 5.78. The summed E-state index contributed by atoms with van der Waals surface area (Å²) in [6.07, 6.45) is 0.344. The van der Waals surface area contributed by atoms with Crippen molar-refractivity contribution in [2.75, 3.05) is 56.2 Å². The number of carbonyl (C=O) groups excluding carboxylic acids is 1. The smallest absolute Gasteiger partial charge is 0.296 e. The average Bonchev–Trinajstić information content (AvgIpc) is 3.73. The van der Waals surface area contributed by atoms with Gasteiger partial charge in [-0.3, -0.25) is 9.36 Å². The summed E-state index contributed by atoms with van der Waals surface area (Å²) in [5.74, 6) is 0.897. The van der Waals surface area contributed by atoms with E-state index in [1.165, 1.54) is 4.57 Å². The summed E-state index contributed by atoms with van der Waals surface area (Å²) in [5, 5.41) is 3.31. The summed E-state index contributed by atoms with van der Waals surface area (Å²) >= 11 is 0. The Morgan fingerprint density at radius 2 is 1.93 bits per heavy atom. The van der Waals surface area contributed by atoms with E-state index in [4.69, 9.17) is 19.4 Å². The molecule has 3 aliphatic rings. The van der Waals surface area contributed by atoms with E-state index in [9.17, 15) is 13.6 Å². The number of rotatable bonds is 8. The van der Waals surface area contributed by atoms with E-state index in [-0.39, 0.29) is 29.6 Å². The van der Waals surface area contributed by atoms with Gasteiger partial charge in [-0.1, -0.05) is 18.7 Å². The highest BCUT2D eigenvalue weighted by Crippen LogP contribution is 2.31. The maximum absolute atomic E-state index is 14.1. The summed E-state index contributed by atoms with van der Waals surface area (Å²) in [4.78, 5) is 30.3. The lowest BCUT2D eigenvalue weighted by molar-refractivity contribution is -0.132. The van der Waals surface area contributed by atoms with Crippen molar-refractivity contribution in [1.82, 2.24) is 24.4 Å². The lowest BCUT2D eigenvalue weighted by Crippen LogP contribution is -2.37. The zero-order valence-electron chi connectivity index (χ0n) is 22.3. The van der Waals surface area contributed by atoms with Gasteiger partial charge >= 0.3 is 0 Å². The first kappa shape index (κ1) is 26.6. The molecule has 1 aromatic carbocycles. The van der Waals surface area contributed by atoms with E-state index >= 15 is 0 Å². The highest BCUT2D eigenvalue weighted by Gasteiger charge is 2.31. The molecule has 3 aromatic rings. The Hall–Kier alpha value is -3.64. The number of benzene rings is 1. The van der Waals surface area contributed by atoms with E-state index < -0.39 is 6.43 Å². The number of morpholine rings is 1. The maximum atomic E-state index is 14.1. The molecule has 40 heavy (non-hydrogen) atoms. The van der Waals surface area contributed by atoms with Crippen molar-refractivity contribution in [3.8, 4) is 5.82 Å². The molecule has 0 aliphatic carbocycles. The predicted molar refractivity (Wildman–Crippen MR) is 146 cm³/mol. The van der Waals surface area contributed by atoms with Crippen LogP contribution in [0.4, 0.5) is 20.5 Å². The highest BCUT2D eigenvalue weighted by atomic mass is 19.3. The molecule has 0 radical (unpaired) electrons. The van der Waals surface area contributed by atoms with Gasteiger partial charge in [-0.05, 0) is 31.4 Å². The molecular weight excluding hydrogens is 520 g/mol. The molecule has 0 spiro atoms. The summed E-state index contributed by atoms with van der Waals surface area (Å²) in [7, 11) is 0. The zero-order chi connectivity index (χ0) is 27.6. The van der Waals surface area contributed by atoms with Crippen molar-refractivity contribution >= 4 is 28.7 Å². The first-order valence-corrected chi connectivity index (χ1v) is 13.8. The molecule has 0 saturated carbocycles. The second-order valence-corrected chi connectivity index (χ2v) is 10.4. The SMILES string of the molecule is C=C(Nc1cc(-n2c(C(F)F)nc3ccccc32)nc(N2CCOCC2)n1)[C@H]1CCN(C(=O)CC2CCCO2)C1. The molecule has 2 aromatic heterocycles. The van der Waals surface area contributed by atoms with Crippen LogP contribution in [0.15, 0.2) is 42.6 Å². The van der Waals surface area contributed by atoms with Crippen LogP contribution in [0.25, 0.3) is 16.9 Å². The van der Waals surface area contributed by atoms with Crippen LogP contribution in [0.1, 0.15) is 37.9 Å². The van der Waals surface area contributed by atoms with E-state index in [1.54, 1.807) is 30.3 Å². The van der Waals surface area contributed by atoms with Gasteiger partial charge in [0.2, 0.25) is 11.9 Å². The van der Waals surface area contributed by atoms with Crippen LogP contribution in [0.2, 0.25) is 0 Å². The lowest BCUT2D eigenvalue weighted by atomic mass is 10.1. The number of anilines is 2. The van der Waals surface area contributed by atoms with Crippen LogP contribution in [0, 0.1) is 5.92 Å². The van der Waals surface area contributed by atoms with Crippen molar-refractivity contribution in [1.29, 1.82) is 0 Å². The van der Waals surface area contributed by atoms with E-state index in [0.29, 0.717) is 68.6 Å². The number of hydrogen-bond donors (Lipinski definition) is 1. The summed E-state index contributed by atoms with van der Waals surface area (Å²) in [6, 6.07) is 8.64. The van der Waals surface area contributed by atoms with E-state index in [1.807, 2.05) is 9.80 Å². The number of aromatic nitrogens is 4. The Bertz CT molecular complexity index is 1390. The molecule has 1 unspecified atom stereocenters. The number of para-hydroxylation sites is 2. The molecule has 6 rings (SSSR count). The number of imidazole rings is 1. The van der Waals surface area contributed by atoms with Crippen molar-refractivity contribution in [3.05, 3.63) is 48.4 Å². The van der Waals surface area contributed by atoms with Crippen LogP contribution in [-0.4, -0.2) is 82.4 Å². The van der Waals surface area contributed by atoms with E-state index in [2.05, 4.69) is 16.9 Å². The monoisotopic (exact) mass is 553 g/mol. The second-order valence-electron chi connectivity index (χ2n) is 10.4. The van der Waals surface area contributed by atoms with Crippen LogP contribution in [0.3, 0.4) is 0 Å². The molecule has 1 amide bonds. The molecule has 1 N–H and O–H groups in total. The Kier molecular flexibility index (Phi) is 7.61. The van der Waals surface area contributed by atoms with Crippen molar-refractivity contribution in [2.24, 2.45) is 5.92 Å².